The molecule has 1 aromatic rings. The maximum atomic E-state index is 10.7. The molecule has 19 heavy (non-hydrogen) atoms. The van der Waals surface area contributed by atoms with Crippen LogP contribution in [0.1, 0.15) is 56.9 Å². The van der Waals surface area contributed by atoms with Crippen LogP contribution in [0.4, 0.5) is 0 Å². The number of aliphatic hydroxyl groups is 1. The molecule has 1 aliphatic carbocycles. The highest BCUT2D eigenvalue weighted by molar-refractivity contribution is 5.27. The van der Waals surface area contributed by atoms with Gasteiger partial charge in [-0.15, -0.1) is 12.3 Å². The smallest absolute Gasteiger partial charge is 0.0637 e. The first-order chi connectivity index (χ1) is 9.29. The summed E-state index contributed by atoms with van der Waals surface area (Å²) >= 11 is 0. The van der Waals surface area contributed by atoms with Crippen molar-refractivity contribution in [1.29, 1.82) is 0 Å². The van der Waals surface area contributed by atoms with Crippen molar-refractivity contribution in [1.82, 2.24) is 0 Å². The Morgan fingerprint density at radius 2 is 1.84 bits per heavy atom. The zero-order valence-corrected chi connectivity index (χ0v) is 11.6. The topological polar surface area (TPSA) is 20.2 Å². The van der Waals surface area contributed by atoms with Crippen LogP contribution >= 0.6 is 0 Å². The van der Waals surface area contributed by atoms with E-state index in [2.05, 4.69) is 30.2 Å². The molecule has 102 valence electrons. The Balaban J connectivity index is 2.17. The fourth-order valence-corrected chi connectivity index (χ4v) is 3.44. The van der Waals surface area contributed by atoms with Gasteiger partial charge in [-0.2, -0.15) is 0 Å². The molecule has 0 aromatic heterocycles. The normalized spacial score (nSPS) is 19.6. The van der Waals surface area contributed by atoms with Gasteiger partial charge in [-0.1, -0.05) is 49.6 Å². The summed E-state index contributed by atoms with van der Waals surface area (Å²) in [5.41, 5.74) is 1.27. The van der Waals surface area contributed by atoms with Gasteiger partial charge in [0.05, 0.1) is 6.10 Å². The van der Waals surface area contributed by atoms with Crippen LogP contribution in [0, 0.1) is 12.3 Å². The second-order valence-electron chi connectivity index (χ2n) is 5.69. The molecule has 1 heteroatoms. The van der Waals surface area contributed by atoms with E-state index in [1.165, 1.54) is 24.8 Å². The average Bonchev–Trinajstić information content (AvgIpc) is 2.49. The molecule has 1 unspecified atom stereocenters. The van der Waals surface area contributed by atoms with Crippen molar-refractivity contribution in [2.24, 2.45) is 0 Å². The lowest BCUT2D eigenvalue weighted by atomic mass is 9.65. The Morgan fingerprint density at radius 3 is 2.47 bits per heavy atom. The van der Waals surface area contributed by atoms with Gasteiger partial charge in [0, 0.05) is 11.8 Å². The summed E-state index contributed by atoms with van der Waals surface area (Å²) in [6, 6.07) is 10.6. The minimum absolute atomic E-state index is 0.0336. The zero-order valence-electron chi connectivity index (χ0n) is 11.6. The minimum atomic E-state index is -0.261. The number of hydrogen-bond acceptors (Lipinski definition) is 1. The van der Waals surface area contributed by atoms with E-state index in [1.54, 1.807) is 0 Å². The van der Waals surface area contributed by atoms with Gasteiger partial charge in [-0.05, 0) is 31.2 Å². The van der Waals surface area contributed by atoms with Crippen molar-refractivity contribution in [2.45, 2.75) is 62.9 Å². The summed E-state index contributed by atoms with van der Waals surface area (Å²) < 4.78 is 0. The Bertz CT molecular complexity index is 409. The van der Waals surface area contributed by atoms with Crippen LogP contribution in [0.2, 0.25) is 0 Å². The van der Waals surface area contributed by atoms with Gasteiger partial charge in [0.15, 0.2) is 0 Å². The first kappa shape index (κ1) is 14.2. The lowest BCUT2D eigenvalue weighted by Crippen LogP contribution is -2.41. The average molecular weight is 256 g/mol. The number of benzene rings is 1. The largest absolute Gasteiger partial charge is 0.392 e. The molecule has 0 radical (unpaired) electrons. The molecule has 1 nitrogen and oxygen atoms in total. The second kappa shape index (κ2) is 6.78. The fourth-order valence-electron chi connectivity index (χ4n) is 3.44. The van der Waals surface area contributed by atoms with Crippen LogP contribution in [0.15, 0.2) is 30.3 Å². The number of rotatable bonds is 5. The Hall–Kier alpha value is -1.26. The molecule has 1 atom stereocenters. The van der Waals surface area contributed by atoms with E-state index in [0.29, 0.717) is 0 Å². The van der Waals surface area contributed by atoms with Crippen molar-refractivity contribution in [3.8, 4) is 12.3 Å². The third kappa shape index (κ3) is 3.19. The van der Waals surface area contributed by atoms with Crippen molar-refractivity contribution < 1.29 is 5.11 Å². The summed E-state index contributed by atoms with van der Waals surface area (Å²) in [5, 5.41) is 10.7. The third-order valence-corrected chi connectivity index (χ3v) is 4.53. The molecule has 0 saturated heterocycles. The van der Waals surface area contributed by atoms with Gasteiger partial charge in [0.1, 0.15) is 0 Å². The third-order valence-electron chi connectivity index (χ3n) is 4.53. The standard InChI is InChI=1S/C18H24O/c1-2-3-6-13-17(19)18(14-9-5-10-15-18)16-11-7-4-8-12-16/h1,4,7-8,11-12,17,19H,3,5-6,9-10,13-15H2. The first-order valence-corrected chi connectivity index (χ1v) is 7.47. The number of unbranched alkanes of at least 4 members (excludes halogenated alkanes) is 1. The van der Waals surface area contributed by atoms with Gasteiger partial charge in [-0.3, -0.25) is 0 Å². The van der Waals surface area contributed by atoms with E-state index in [1.807, 2.05) is 6.07 Å². The molecule has 1 aliphatic rings. The monoisotopic (exact) mass is 256 g/mol. The predicted octanol–water partition coefficient (Wildman–Crippen LogP) is 4.05. The van der Waals surface area contributed by atoms with Crippen LogP contribution < -0.4 is 0 Å². The number of aliphatic hydroxyl groups excluding tert-OH is 1. The van der Waals surface area contributed by atoms with Crippen LogP contribution in [-0.4, -0.2) is 11.2 Å². The van der Waals surface area contributed by atoms with Gasteiger partial charge in [-0.25, -0.2) is 0 Å². The molecule has 1 aromatic carbocycles. The lowest BCUT2D eigenvalue weighted by molar-refractivity contribution is 0.0457. The molecule has 0 bridgehead atoms. The Morgan fingerprint density at radius 1 is 1.16 bits per heavy atom. The number of terminal acetylenes is 1. The Kier molecular flexibility index (Phi) is 5.05. The quantitative estimate of drug-likeness (QED) is 0.622. The lowest BCUT2D eigenvalue weighted by Gasteiger charge is -2.42. The number of hydrogen-bond donors (Lipinski definition) is 1. The summed E-state index contributed by atoms with van der Waals surface area (Å²) in [6.07, 6.45) is 13.5. The molecular weight excluding hydrogens is 232 g/mol. The molecule has 0 heterocycles. The Labute approximate surface area is 117 Å². The van der Waals surface area contributed by atoms with Crippen molar-refractivity contribution >= 4 is 0 Å². The van der Waals surface area contributed by atoms with Crippen molar-refractivity contribution in [3.05, 3.63) is 35.9 Å². The maximum Gasteiger partial charge on any atom is 0.0637 e. The molecule has 0 spiro atoms. The highest BCUT2D eigenvalue weighted by atomic mass is 16.3. The molecule has 1 N–H and O–H groups in total. The molecule has 1 fully saturated rings. The van der Waals surface area contributed by atoms with Gasteiger partial charge >= 0.3 is 0 Å². The molecule has 1 saturated carbocycles. The van der Waals surface area contributed by atoms with Crippen molar-refractivity contribution in [2.75, 3.05) is 0 Å². The van der Waals surface area contributed by atoms with E-state index in [9.17, 15) is 5.11 Å². The van der Waals surface area contributed by atoms with Gasteiger partial charge in [0.25, 0.3) is 0 Å². The highest BCUT2D eigenvalue weighted by Crippen LogP contribution is 2.43. The zero-order chi connectivity index (χ0) is 13.6. The van der Waals surface area contributed by atoms with Crippen LogP contribution in [0.25, 0.3) is 0 Å². The minimum Gasteiger partial charge on any atom is -0.392 e. The summed E-state index contributed by atoms with van der Waals surface area (Å²) in [7, 11) is 0. The van der Waals surface area contributed by atoms with Crippen LogP contribution in [0.5, 0.6) is 0 Å². The predicted molar refractivity (Wildman–Crippen MR) is 79.9 cm³/mol. The molecule has 2 rings (SSSR count). The van der Waals surface area contributed by atoms with E-state index >= 15 is 0 Å². The SMILES string of the molecule is C#CCCCC(O)C1(c2ccccc2)CCCCC1. The van der Waals surface area contributed by atoms with E-state index in [4.69, 9.17) is 6.42 Å². The maximum absolute atomic E-state index is 10.7. The van der Waals surface area contributed by atoms with Gasteiger partial charge in [0.2, 0.25) is 0 Å². The molecule has 0 amide bonds. The summed E-state index contributed by atoms with van der Waals surface area (Å²) in [5.74, 6) is 2.67. The molecular formula is C18H24O. The summed E-state index contributed by atoms with van der Waals surface area (Å²) in [6.45, 7) is 0. The highest BCUT2D eigenvalue weighted by Gasteiger charge is 2.39. The fraction of sp³-hybridized carbons (Fsp3) is 0.556. The van der Waals surface area contributed by atoms with Crippen LogP contribution in [-0.2, 0) is 5.41 Å². The van der Waals surface area contributed by atoms with E-state index in [0.717, 1.165) is 32.1 Å². The first-order valence-electron chi connectivity index (χ1n) is 7.47. The van der Waals surface area contributed by atoms with Crippen LogP contribution in [0.3, 0.4) is 0 Å². The van der Waals surface area contributed by atoms with E-state index < -0.39 is 0 Å². The van der Waals surface area contributed by atoms with E-state index in [-0.39, 0.29) is 11.5 Å². The second-order valence-corrected chi connectivity index (χ2v) is 5.69. The van der Waals surface area contributed by atoms with Gasteiger partial charge < -0.3 is 5.11 Å². The van der Waals surface area contributed by atoms with Crippen molar-refractivity contribution in [3.63, 3.8) is 0 Å². The molecule has 0 aliphatic heterocycles. The summed E-state index contributed by atoms with van der Waals surface area (Å²) in [4.78, 5) is 0.